The van der Waals surface area contributed by atoms with Crippen molar-refractivity contribution in [3.63, 3.8) is 0 Å². The molecular weight excluding hydrogens is 534 g/mol. The third-order valence-electron chi connectivity index (χ3n) is 4.70. The molecule has 0 saturated carbocycles. The number of aryl methyl sites for hydroxylation is 1. The molecule has 31 heavy (non-hydrogen) atoms. The van der Waals surface area contributed by atoms with Gasteiger partial charge in [0.25, 0.3) is 5.56 Å². The first kappa shape index (κ1) is 21.1. The van der Waals surface area contributed by atoms with E-state index in [1.807, 2.05) is 13.0 Å². The summed E-state index contributed by atoms with van der Waals surface area (Å²) in [5.41, 5.74) is 0.715. The highest BCUT2D eigenvalue weighted by Gasteiger charge is 2.17. The predicted octanol–water partition coefficient (Wildman–Crippen LogP) is 3.24. The lowest BCUT2D eigenvalue weighted by molar-refractivity contribution is 0.429. The number of aromatic nitrogens is 4. The number of imidazole rings is 1. The fraction of sp³-hybridized carbons (Fsp3) is 0.100. The number of rotatable bonds is 4. The molecule has 158 valence electrons. The Morgan fingerprint density at radius 1 is 1.06 bits per heavy atom. The van der Waals surface area contributed by atoms with Crippen LogP contribution in [0.3, 0.4) is 0 Å². The highest BCUT2D eigenvalue weighted by molar-refractivity contribution is 9.10. The molecule has 0 unspecified atom stereocenters. The van der Waals surface area contributed by atoms with Crippen LogP contribution in [-0.4, -0.2) is 30.8 Å². The largest absolute Gasteiger partial charge is 0.493 e. The van der Waals surface area contributed by atoms with E-state index in [1.165, 1.54) is 6.21 Å². The van der Waals surface area contributed by atoms with Crippen LogP contribution in [0.1, 0.15) is 18.1 Å². The van der Waals surface area contributed by atoms with Gasteiger partial charge in [-0.05, 0) is 58.2 Å². The van der Waals surface area contributed by atoms with Crippen molar-refractivity contribution in [1.29, 1.82) is 0 Å². The Morgan fingerprint density at radius 2 is 1.77 bits per heavy atom. The number of fused-ring (bicyclic) bond motifs is 1. The Morgan fingerprint density at radius 3 is 2.48 bits per heavy atom. The van der Waals surface area contributed by atoms with Crippen molar-refractivity contribution in [3.05, 3.63) is 81.7 Å². The Balaban J connectivity index is 1.86. The molecule has 4 N–H and O–H groups in total. The summed E-state index contributed by atoms with van der Waals surface area (Å²) in [5, 5.41) is 10.8. The van der Waals surface area contributed by atoms with E-state index >= 15 is 0 Å². The number of aromatic hydroxyl groups is 1. The minimum Gasteiger partial charge on any atom is -0.493 e. The SMILES string of the molecule is CCc1cc(Br)ccc1-n1c(O)c(C=Nc2cc3[nH]c(=O)[nH]c3cc2Br)c(=O)[nH]c1=O. The number of hydrogen-bond acceptors (Lipinski definition) is 5. The Hall–Kier alpha value is -3.18. The molecule has 0 aliphatic carbocycles. The number of nitrogens with zero attached hydrogens (tertiary/aromatic N) is 2. The van der Waals surface area contributed by atoms with Crippen molar-refractivity contribution in [2.75, 3.05) is 0 Å². The molecule has 0 saturated heterocycles. The fourth-order valence-corrected chi connectivity index (χ4v) is 4.07. The van der Waals surface area contributed by atoms with Gasteiger partial charge in [0.05, 0.1) is 22.4 Å². The Bertz CT molecular complexity index is 1530. The summed E-state index contributed by atoms with van der Waals surface area (Å²) >= 11 is 6.76. The zero-order chi connectivity index (χ0) is 22.3. The van der Waals surface area contributed by atoms with Crippen LogP contribution in [0.2, 0.25) is 0 Å². The number of aliphatic imine (C=N–C) groups is 1. The molecular formula is C20H15Br2N5O4. The van der Waals surface area contributed by atoms with Crippen LogP contribution in [-0.2, 0) is 6.42 Å². The van der Waals surface area contributed by atoms with Gasteiger partial charge in [0.2, 0.25) is 5.88 Å². The minimum atomic E-state index is -0.773. The van der Waals surface area contributed by atoms with Gasteiger partial charge < -0.3 is 15.1 Å². The van der Waals surface area contributed by atoms with Gasteiger partial charge in [-0.3, -0.25) is 14.8 Å². The molecule has 0 amide bonds. The minimum absolute atomic E-state index is 0.181. The highest BCUT2D eigenvalue weighted by atomic mass is 79.9. The zero-order valence-corrected chi connectivity index (χ0v) is 19.2. The van der Waals surface area contributed by atoms with E-state index < -0.39 is 17.1 Å². The Labute approximate surface area is 190 Å². The maximum Gasteiger partial charge on any atom is 0.335 e. The molecule has 0 aliphatic heterocycles. The van der Waals surface area contributed by atoms with Gasteiger partial charge >= 0.3 is 11.4 Å². The van der Waals surface area contributed by atoms with Crippen LogP contribution < -0.4 is 16.9 Å². The van der Waals surface area contributed by atoms with Crippen molar-refractivity contribution < 1.29 is 5.11 Å². The molecule has 2 heterocycles. The van der Waals surface area contributed by atoms with Crippen LogP contribution in [0.15, 0.2) is 58.7 Å². The second-order valence-electron chi connectivity index (χ2n) is 6.65. The van der Waals surface area contributed by atoms with Gasteiger partial charge in [0, 0.05) is 15.2 Å². The maximum atomic E-state index is 12.5. The summed E-state index contributed by atoms with van der Waals surface area (Å²) < 4.78 is 2.43. The highest BCUT2D eigenvalue weighted by Crippen LogP contribution is 2.29. The number of benzene rings is 2. The third-order valence-corrected chi connectivity index (χ3v) is 5.83. The third kappa shape index (κ3) is 3.93. The van der Waals surface area contributed by atoms with Gasteiger partial charge in [0.1, 0.15) is 5.56 Å². The Kier molecular flexibility index (Phi) is 5.54. The smallest absolute Gasteiger partial charge is 0.335 e. The van der Waals surface area contributed by atoms with Gasteiger partial charge in [-0.15, -0.1) is 0 Å². The fourth-order valence-electron chi connectivity index (χ4n) is 3.21. The van der Waals surface area contributed by atoms with Gasteiger partial charge in [-0.1, -0.05) is 22.9 Å². The molecule has 0 spiro atoms. The molecule has 11 heteroatoms. The number of H-pyrrole nitrogens is 3. The monoisotopic (exact) mass is 547 g/mol. The molecule has 0 bridgehead atoms. The van der Waals surface area contributed by atoms with Gasteiger partial charge in [0.15, 0.2) is 0 Å². The second kappa shape index (κ2) is 8.16. The molecule has 4 aromatic rings. The first-order valence-corrected chi connectivity index (χ1v) is 10.7. The zero-order valence-electron chi connectivity index (χ0n) is 16.0. The summed E-state index contributed by atoms with van der Waals surface area (Å²) in [4.78, 5) is 48.1. The maximum absolute atomic E-state index is 12.5. The van der Waals surface area contributed by atoms with Crippen LogP contribution in [0.25, 0.3) is 16.7 Å². The van der Waals surface area contributed by atoms with Gasteiger partial charge in [-0.2, -0.15) is 0 Å². The molecule has 0 aliphatic rings. The van der Waals surface area contributed by atoms with E-state index in [2.05, 4.69) is 51.8 Å². The molecule has 4 rings (SSSR count). The normalized spacial score (nSPS) is 11.6. The molecule has 2 aromatic carbocycles. The first-order chi connectivity index (χ1) is 14.8. The average molecular weight is 549 g/mol. The number of nitrogens with one attached hydrogen (secondary N) is 3. The van der Waals surface area contributed by atoms with E-state index in [1.54, 1.807) is 24.3 Å². The van der Waals surface area contributed by atoms with Crippen molar-refractivity contribution in [1.82, 2.24) is 19.5 Å². The predicted molar refractivity (Wildman–Crippen MR) is 125 cm³/mol. The van der Waals surface area contributed by atoms with Crippen LogP contribution in [0.4, 0.5) is 5.69 Å². The topological polar surface area (TPSA) is 136 Å². The number of halogens is 2. The summed E-state index contributed by atoms with van der Waals surface area (Å²) in [7, 11) is 0. The summed E-state index contributed by atoms with van der Waals surface area (Å²) in [5.74, 6) is -0.526. The average Bonchev–Trinajstić information content (AvgIpc) is 3.07. The number of aromatic amines is 3. The van der Waals surface area contributed by atoms with Crippen LogP contribution >= 0.6 is 31.9 Å². The lowest BCUT2D eigenvalue weighted by atomic mass is 10.1. The standard InChI is InChI=1S/C20H15Br2N5O4/c1-2-9-5-10(21)3-4-16(9)27-18(29)11(17(28)26-20(27)31)8-23-13-7-15-14(6-12(13)22)24-19(30)25-15/h3-8,29H,2H2,1H3,(H2,24,25,30)(H,26,28,31). The molecule has 2 aromatic heterocycles. The molecule has 0 radical (unpaired) electrons. The lowest BCUT2D eigenvalue weighted by Crippen LogP contribution is -2.31. The van der Waals surface area contributed by atoms with E-state index in [-0.39, 0.29) is 11.3 Å². The van der Waals surface area contributed by atoms with Crippen LogP contribution in [0, 0.1) is 0 Å². The van der Waals surface area contributed by atoms with E-state index in [0.717, 1.165) is 14.6 Å². The lowest BCUT2D eigenvalue weighted by Gasteiger charge is -2.13. The van der Waals surface area contributed by atoms with E-state index in [4.69, 9.17) is 0 Å². The second-order valence-corrected chi connectivity index (χ2v) is 8.42. The molecule has 0 fully saturated rings. The molecule has 0 atom stereocenters. The van der Waals surface area contributed by atoms with Crippen molar-refractivity contribution in [3.8, 4) is 11.6 Å². The van der Waals surface area contributed by atoms with Crippen molar-refractivity contribution in [2.45, 2.75) is 13.3 Å². The summed E-state index contributed by atoms with van der Waals surface area (Å²) in [6, 6.07) is 8.53. The van der Waals surface area contributed by atoms with Crippen molar-refractivity contribution >= 4 is 54.8 Å². The van der Waals surface area contributed by atoms with Crippen LogP contribution in [0.5, 0.6) is 5.88 Å². The first-order valence-electron chi connectivity index (χ1n) is 9.11. The molecule has 9 nitrogen and oxygen atoms in total. The van der Waals surface area contributed by atoms with Crippen molar-refractivity contribution in [2.24, 2.45) is 4.99 Å². The summed E-state index contributed by atoms with van der Waals surface area (Å²) in [6.07, 6.45) is 1.77. The quantitative estimate of drug-likeness (QED) is 0.291. The van der Waals surface area contributed by atoms with E-state index in [0.29, 0.717) is 33.3 Å². The van der Waals surface area contributed by atoms with Gasteiger partial charge in [-0.25, -0.2) is 14.2 Å². The van der Waals surface area contributed by atoms with E-state index in [9.17, 15) is 19.5 Å². The summed E-state index contributed by atoms with van der Waals surface area (Å²) in [6.45, 7) is 1.92. The number of hydrogen-bond donors (Lipinski definition) is 4.